The Morgan fingerprint density at radius 2 is 2.06 bits per heavy atom. The van der Waals surface area contributed by atoms with Crippen LogP contribution >= 0.6 is 0 Å². The maximum atomic E-state index is 11.4. The van der Waals surface area contributed by atoms with E-state index in [1.54, 1.807) is 4.90 Å². The maximum absolute atomic E-state index is 11.4. The number of carbonyl (C=O) groups is 1. The average molecular weight is 252 g/mol. The molecule has 2 aliphatic rings. The van der Waals surface area contributed by atoms with Gasteiger partial charge in [-0.25, -0.2) is 0 Å². The molecule has 5 nitrogen and oxygen atoms in total. The summed E-state index contributed by atoms with van der Waals surface area (Å²) in [6, 6.07) is 0.647. The van der Waals surface area contributed by atoms with Crippen molar-refractivity contribution < 1.29 is 4.79 Å². The van der Waals surface area contributed by atoms with E-state index in [0.29, 0.717) is 18.4 Å². The fourth-order valence-corrected chi connectivity index (χ4v) is 2.78. The quantitative estimate of drug-likeness (QED) is 0.565. The Kier molecular flexibility index (Phi) is 4.44. The predicted molar refractivity (Wildman–Crippen MR) is 72.3 cm³/mol. The molecule has 2 rings (SSSR count). The van der Waals surface area contributed by atoms with E-state index in [1.807, 2.05) is 7.05 Å². The second-order valence-electron chi connectivity index (χ2n) is 5.46. The number of guanidine groups is 1. The molecule has 102 valence electrons. The summed E-state index contributed by atoms with van der Waals surface area (Å²) in [5.41, 5.74) is 5.95. The summed E-state index contributed by atoms with van der Waals surface area (Å²) in [6.45, 7) is 0.722. The first-order valence-electron chi connectivity index (χ1n) is 6.99. The monoisotopic (exact) mass is 252 g/mol. The van der Waals surface area contributed by atoms with Gasteiger partial charge < -0.3 is 16.0 Å². The molecule has 1 heterocycles. The zero-order valence-electron chi connectivity index (χ0n) is 11.2. The van der Waals surface area contributed by atoms with E-state index in [4.69, 9.17) is 5.73 Å². The highest BCUT2D eigenvalue weighted by Crippen LogP contribution is 2.20. The molecule has 1 saturated heterocycles. The predicted octanol–water partition coefficient (Wildman–Crippen LogP) is 0.844. The number of aliphatic imine (C=N–C) groups is 1. The number of rotatable bonds is 2. The fourth-order valence-electron chi connectivity index (χ4n) is 2.78. The van der Waals surface area contributed by atoms with Gasteiger partial charge in [0.05, 0.1) is 6.04 Å². The molecule has 2 fully saturated rings. The summed E-state index contributed by atoms with van der Waals surface area (Å²) >= 11 is 0. The van der Waals surface area contributed by atoms with Gasteiger partial charge in [0.2, 0.25) is 5.91 Å². The average Bonchev–Trinajstić information content (AvgIpc) is 2.35. The van der Waals surface area contributed by atoms with Crippen molar-refractivity contribution in [2.45, 2.75) is 57.0 Å². The molecule has 1 amide bonds. The SMILES string of the molecule is CN1CC(NC(N)=NC2CCCCC2)CCC1=O. The molecule has 1 atom stereocenters. The van der Waals surface area contributed by atoms with E-state index in [-0.39, 0.29) is 11.9 Å². The number of likely N-dealkylation sites (N-methyl/N-ethyl adjacent to an activating group) is 1. The van der Waals surface area contributed by atoms with Crippen molar-refractivity contribution in [3.8, 4) is 0 Å². The first-order valence-corrected chi connectivity index (χ1v) is 6.99. The Hall–Kier alpha value is -1.26. The molecule has 1 aliphatic carbocycles. The third-order valence-corrected chi connectivity index (χ3v) is 3.88. The zero-order valence-corrected chi connectivity index (χ0v) is 11.2. The van der Waals surface area contributed by atoms with Crippen LogP contribution in [0.4, 0.5) is 0 Å². The minimum absolute atomic E-state index is 0.218. The third-order valence-electron chi connectivity index (χ3n) is 3.88. The van der Waals surface area contributed by atoms with E-state index in [1.165, 1.54) is 19.3 Å². The third kappa shape index (κ3) is 3.62. The highest BCUT2D eigenvalue weighted by atomic mass is 16.2. The fraction of sp³-hybridized carbons (Fsp3) is 0.846. The second kappa shape index (κ2) is 6.07. The number of likely N-dealkylation sites (tertiary alicyclic amines) is 1. The van der Waals surface area contributed by atoms with Crippen molar-refractivity contribution in [1.29, 1.82) is 0 Å². The zero-order chi connectivity index (χ0) is 13.0. The molecule has 0 aromatic carbocycles. The molecule has 0 aromatic rings. The Morgan fingerprint density at radius 3 is 2.72 bits per heavy atom. The highest BCUT2D eigenvalue weighted by Gasteiger charge is 2.23. The van der Waals surface area contributed by atoms with Crippen LogP contribution in [0, 0.1) is 0 Å². The van der Waals surface area contributed by atoms with E-state index >= 15 is 0 Å². The molecule has 0 aromatic heterocycles. The number of amides is 1. The van der Waals surface area contributed by atoms with Gasteiger partial charge in [-0.1, -0.05) is 19.3 Å². The summed E-state index contributed by atoms with van der Waals surface area (Å²) in [6.07, 6.45) is 7.63. The minimum Gasteiger partial charge on any atom is -0.370 e. The van der Waals surface area contributed by atoms with Gasteiger partial charge in [-0.15, -0.1) is 0 Å². The van der Waals surface area contributed by atoms with Crippen molar-refractivity contribution in [3.63, 3.8) is 0 Å². The lowest BCUT2D eigenvalue weighted by Gasteiger charge is -2.30. The first-order chi connectivity index (χ1) is 8.65. The molecule has 0 bridgehead atoms. The minimum atomic E-state index is 0.218. The van der Waals surface area contributed by atoms with Crippen molar-refractivity contribution >= 4 is 11.9 Å². The maximum Gasteiger partial charge on any atom is 0.222 e. The van der Waals surface area contributed by atoms with Crippen LogP contribution in [0.5, 0.6) is 0 Å². The van der Waals surface area contributed by atoms with Crippen LogP contribution in [0.2, 0.25) is 0 Å². The number of carbonyl (C=O) groups excluding carboxylic acids is 1. The van der Waals surface area contributed by atoms with Crippen molar-refractivity contribution in [3.05, 3.63) is 0 Å². The molecule has 1 unspecified atom stereocenters. The molecule has 3 N–H and O–H groups in total. The summed E-state index contributed by atoms with van der Waals surface area (Å²) in [4.78, 5) is 17.7. The smallest absolute Gasteiger partial charge is 0.222 e. The van der Waals surface area contributed by atoms with Gasteiger partial charge in [-0.3, -0.25) is 9.79 Å². The van der Waals surface area contributed by atoms with Crippen molar-refractivity contribution in [1.82, 2.24) is 10.2 Å². The number of nitrogens with two attached hydrogens (primary N) is 1. The molecule has 18 heavy (non-hydrogen) atoms. The summed E-state index contributed by atoms with van der Waals surface area (Å²) in [7, 11) is 1.84. The van der Waals surface area contributed by atoms with Gasteiger partial charge in [-0.2, -0.15) is 0 Å². The highest BCUT2D eigenvalue weighted by molar-refractivity contribution is 5.80. The molecule has 0 spiro atoms. The molecule has 5 heteroatoms. The van der Waals surface area contributed by atoms with Crippen molar-refractivity contribution in [2.24, 2.45) is 10.7 Å². The summed E-state index contributed by atoms with van der Waals surface area (Å²) in [5.74, 6) is 0.769. The standard InChI is InChI=1S/C13H24N4O/c1-17-9-11(7-8-12(17)18)16-13(14)15-10-5-3-2-4-6-10/h10-11H,2-9H2,1H3,(H3,14,15,16). The van der Waals surface area contributed by atoms with Gasteiger partial charge >= 0.3 is 0 Å². The van der Waals surface area contributed by atoms with Gasteiger partial charge in [-0.05, 0) is 19.3 Å². The van der Waals surface area contributed by atoms with E-state index in [9.17, 15) is 4.79 Å². The Bertz CT molecular complexity index is 323. The Morgan fingerprint density at radius 1 is 1.33 bits per heavy atom. The first kappa shape index (κ1) is 13.2. The van der Waals surface area contributed by atoms with Crippen LogP contribution in [-0.2, 0) is 4.79 Å². The van der Waals surface area contributed by atoms with Crippen LogP contribution in [0.15, 0.2) is 4.99 Å². The second-order valence-corrected chi connectivity index (χ2v) is 5.46. The van der Waals surface area contributed by atoms with Gasteiger partial charge in [0.1, 0.15) is 0 Å². The topological polar surface area (TPSA) is 70.7 Å². The Balaban J connectivity index is 1.81. The lowest BCUT2D eigenvalue weighted by molar-refractivity contribution is -0.132. The van der Waals surface area contributed by atoms with E-state index in [2.05, 4.69) is 10.3 Å². The van der Waals surface area contributed by atoms with Crippen LogP contribution in [0.3, 0.4) is 0 Å². The number of hydrogen-bond acceptors (Lipinski definition) is 2. The van der Waals surface area contributed by atoms with Gasteiger partial charge in [0.15, 0.2) is 5.96 Å². The van der Waals surface area contributed by atoms with E-state index < -0.39 is 0 Å². The number of piperidine rings is 1. The molecule has 1 aliphatic heterocycles. The molecular formula is C13H24N4O. The molecule has 1 saturated carbocycles. The van der Waals surface area contributed by atoms with Crippen LogP contribution < -0.4 is 11.1 Å². The van der Waals surface area contributed by atoms with Crippen LogP contribution in [0.25, 0.3) is 0 Å². The lowest BCUT2D eigenvalue weighted by Crippen LogP contribution is -2.50. The summed E-state index contributed by atoms with van der Waals surface area (Å²) < 4.78 is 0. The number of nitrogens with zero attached hydrogens (tertiary/aromatic N) is 2. The lowest BCUT2D eigenvalue weighted by atomic mass is 9.96. The largest absolute Gasteiger partial charge is 0.370 e. The number of hydrogen-bond donors (Lipinski definition) is 2. The molecular weight excluding hydrogens is 228 g/mol. The normalized spacial score (nSPS) is 27.4. The number of nitrogens with one attached hydrogen (secondary N) is 1. The van der Waals surface area contributed by atoms with E-state index in [0.717, 1.165) is 25.8 Å². The van der Waals surface area contributed by atoms with Crippen molar-refractivity contribution in [2.75, 3.05) is 13.6 Å². The van der Waals surface area contributed by atoms with Crippen LogP contribution in [0.1, 0.15) is 44.9 Å². The molecule has 0 radical (unpaired) electrons. The Labute approximate surface area is 109 Å². The van der Waals surface area contributed by atoms with Gasteiger partial charge in [0, 0.05) is 26.1 Å². The summed E-state index contributed by atoms with van der Waals surface area (Å²) in [5, 5.41) is 3.25. The van der Waals surface area contributed by atoms with Crippen LogP contribution in [-0.4, -0.2) is 42.4 Å². The van der Waals surface area contributed by atoms with Gasteiger partial charge in [0.25, 0.3) is 0 Å².